The van der Waals surface area contributed by atoms with E-state index in [0.29, 0.717) is 13.0 Å². The standard InChI is InChI=1S/C21H27N5O3/c1-15-18(16(2)26(22-15)17-9-6-5-7-10-17)13-23(3)19(27)11-8-12-25-20(28)14-24(4)21(25)29/h5-7,9-10H,8,11-14H2,1-4H3. The number of carbonyl (C=O) groups is 3. The summed E-state index contributed by atoms with van der Waals surface area (Å²) in [5.41, 5.74) is 3.90. The first-order valence-corrected chi connectivity index (χ1v) is 9.69. The summed E-state index contributed by atoms with van der Waals surface area (Å²) in [6, 6.07) is 9.59. The number of likely N-dealkylation sites (N-methyl/N-ethyl adjacent to an activating group) is 1. The summed E-state index contributed by atoms with van der Waals surface area (Å²) >= 11 is 0. The molecule has 0 radical (unpaired) electrons. The first-order chi connectivity index (χ1) is 13.8. The Kier molecular flexibility index (Phi) is 6.00. The van der Waals surface area contributed by atoms with Gasteiger partial charge in [0.25, 0.3) is 0 Å². The molecule has 0 atom stereocenters. The third-order valence-electron chi connectivity index (χ3n) is 5.27. The van der Waals surface area contributed by atoms with Gasteiger partial charge >= 0.3 is 6.03 Å². The zero-order valence-corrected chi connectivity index (χ0v) is 17.4. The number of hydrogen-bond donors (Lipinski definition) is 0. The monoisotopic (exact) mass is 397 g/mol. The molecule has 29 heavy (non-hydrogen) atoms. The summed E-state index contributed by atoms with van der Waals surface area (Å²) in [7, 11) is 3.36. The lowest BCUT2D eigenvalue weighted by Gasteiger charge is -2.19. The molecule has 3 rings (SSSR count). The summed E-state index contributed by atoms with van der Waals surface area (Å²) in [6.07, 6.45) is 0.734. The average molecular weight is 397 g/mol. The molecule has 8 nitrogen and oxygen atoms in total. The number of hydrogen-bond acceptors (Lipinski definition) is 4. The maximum atomic E-state index is 12.5. The molecule has 4 amide bonds. The normalized spacial score (nSPS) is 14.1. The van der Waals surface area contributed by atoms with Crippen LogP contribution < -0.4 is 0 Å². The van der Waals surface area contributed by atoms with E-state index in [-0.39, 0.29) is 37.4 Å². The van der Waals surface area contributed by atoms with E-state index < -0.39 is 0 Å². The van der Waals surface area contributed by atoms with Gasteiger partial charge in [-0.2, -0.15) is 5.10 Å². The number of imide groups is 1. The van der Waals surface area contributed by atoms with E-state index in [2.05, 4.69) is 5.10 Å². The molecule has 0 unspecified atom stereocenters. The first kappa shape index (κ1) is 20.6. The molecule has 0 saturated carbocycles. The summed E-state index contributed by atoms with van der Waals surface area (Å²) in [5, 5.41) is 4.62. The van der Waals surface area contributed by atoms with Gasteiger partial charge in [-0.25, -0.2) is 9.48 Å². The molecule has 1 fully saturated rings. The van der Waals surface area contributed by atoms with E-state index in [1.165, 1.54) is 9.80 Å². The Morgan fingerprint density at radius 3 is 2.48 bits per heavy atom. The third-order valence-corrected chi connectivity index (χ3v) is 5.27. The van der Waals surface area contributed by atoms with Gasteiger partial charge in [0, 0.05) is 44.9 Å². The molecular weight excluding hydrogens is 370 g/mol. The van der Waals surface area contributed by atoms with Crippen LogP contribution in [0, 0.1) is 13.8 Å². The minimum Gasteiger partial charge on any atom is -0.341 e. The summed E-state index contributed by atoms with van der Waals surface area (Å²) < 4.78 is 1.89. The van der Waals surface area contributed by atoms with E-state index in [9.17, 15) is 14.4 Å². The van der Waals surface area contributed by atoms with Crippen LogP contribution >= 0.6 is 0 Å². The van der Waals surface area contributed by atoms with Crippen LogP contribution in [0.15, 0.2) is 30.3 Å². The van der Waals surface area contributed by atoms with E-state index in [0.717, 1.165) is 22.6 Å². The van der Waals surface area contributed by atoms with Gasteiger partial charge < -0.3 is 9.80 Å². The lowest BCUT2D eigenvalue weighted by Crippen LogP contribution is -2.33. The molecular formula is C21H27N5O3. The van der Waals surface area contributed by atoms with Gasteiger partial charge in [-0.05, 0) is 32.4 Å². The van der Waals surface area contributed by atoms with Gasteiger partial charge in [-0.15, -0.1) is 0 Å². The van der Waals surface area contributed by atoms with Crippen LogP contribution in [0.5, 0.6) is 0 Å². The van der Waals surface area contributed by atoms with Crippen molar-refractivity contribution in [3.63, 3.8) is 0 Å². The van der Waals surface area contributed by atoms with Gasteiger partial charge in [0.05, 0.1) is 11.4 Å². The highest BCUT2D eigenvalue weighted by Gasteiger charge is 2.33. The number of aryl methyl sites for hydroxylation is 1. The van der Waals surface area contributed by atoms with Gasteiger partial charge in [-0.3, -0.25) is 14.5 Å². The van der Waals surface area contributed by atoms with Gasteiger partial charge in [0.15, 0.2) is 0 Å². The van der Waals surface area contributed by atoms with Crippen LogP contribution in [0.1, 0.15) is 29.8 Å². The second-order valence-corrected chi connectivity index (χ2v) is 7.43. The molecule has 1 aromatic carbocycles. The number of urea groups is 1. The highest BCUT2D eigenvalue weighted by molar-refractivity contribution is 6.01. The van der Waals surface area contributed by atoms with Crippen molar-refractivity contribution in [2.24, 2.45) is 0 Å². The largest absolute Gasteiger partial charge is 0.341 e. The Morgan fingerprint density at radius 1 is 1.17 bits per heavy atom. The number of benzene rings is 1. The minimum absolute atomic E-state index is 0.0243. The van der Waals surface area contributed by atoms with Crippen molar-refractivity contribution in [1.82, 2.24) is 24.5 Å². The Hall–Kier alpha value is -3.16. The molecule has 1 aromatic heterocycles. The SMILES string of the molecule is Cc1nn(-c2ccccc2)c(C)c1CN(C)C(=O)CCCN1C(=O)CN(C)C1=O. The van der Waals surface area contributed by atoms with Crippen LogP contribution in [0.2, 0.25) is 0 Å². The molecule has 1 saturated heterocycles. The number of amides is 4. The fourth-order valence-electron chi connectivity index (χ4n) is 3.52. The van der Waals surface area contributed by atoms with E-state index in [4.69, 9.17) is 0 Å². The average Bonchev–Trinajstić information content (AvgIpc) is 3.12. The number of rotatable bonds is 7. The van der Waals surface area contributed by atoms with Gasteiger partial charge in [0.2, 0.25) is 11.8 Å². The first-order valence-electron chi connectivity index (χ1n) is 9.69. The molecule has 2 heterocycles. The maximum absolute atomic E-state index is 12.5. The smallest absolute Gasteiger partial charge is 0.326 e. The summed E-state index contributed by atoms with van der Waals surface area (Å²) in [6.45, 7) is 4.79. The van der Waals surface area contributed by atoms with Crippen LogP contribution in [0.25, 0.3) is 5.69 Å². The molecule has 1 aliphatic heterocycles. The minimum atomic E-state index is -0.296. The van der Waals surface area contributed by atoms with Crippen molar-refractivity contribution in [2.75, 3.05) is 27.2 Å². The van der Waals surface area contributed by atoms with Crippen LogP contribution in [-0.4, -0.2) is 69.5 Å². The predicted octanol–water partition coefficient (Wildman–Crippen LogP) is 2.12. The number of para-hydroxylation sites is 1. The second kappa shape index (κ2) is 8.46. The van der Waals surface area contributed by atoms with E-state index in [1.54, 1.807) is 19.0 Å². The molecule has 1 aliphatic rings. The maximum Gasteiger partial charge on any atom is 0.326 e. The lowest BCUT2D eigenvalue weighted by atomic mass is 10.1. The van der Waals surface area contributed by atoms with Gasteiger partial charge in [0.1, 0.15) is 6.54 Å². The van der Waals surface area contributed by atoms with Crippen molar-refractivity contribution in [2.45, 2.75) is 33.2 Å². The topological polar surface area (TPSA) is 78.8 Å². The summed E-state index contributed by atoms with van der Waals surface area (Å²) in [4.78, 5) is 40.5. The van der Waals surface area contributed by atoms with Crippen LogP contribution in [0.3, 0.4) is 0 Å². The highest BCUT2D eigenvalue weighted by Crippen LogP contribution is 2.19. The lowest BCUT2D eigenvalue weighted by molar-refractivity contribution is -0.131. The Labute approximate surface area is 170 Å². The quantitative estimate of drug-likeness (QED) is 0.671. The van der Waals surface area contributed by atoms with Crippen LogP contribution in [-0.2, 0) is 16.1 Å². The van der Waals surface area contributed by atoms with E-state index >= 15 is 0 Å². The fraction of sp³-hybridized carbons (Fsp3) is 0.429. The number of nitrogens with zero attached hydrogens (tertiary/aromatic N) is 5. The van der Waals surface area contributed by atoms with Crippen molar-refractivity contribution in [3.05, 3.63) is 47.3 Å². The molecule has 154 valence electrons. The fourth-order valence-corrected chi connectivity index (χ4v) is 3.52. The molecule has 0 bridgehead atoms. The molecule has 0 spiro atoms. The molecule has 2 aromatic rings. The Balaban J connectivity index is 1.58. The Morgan fingerprint density at radius 2 is 1.86 bits per heavy atom. The molecule has 0 aliphatic carbocycles. The van der Waals surface area contributed by atoms with Crippen molar-refractivity contribution < 1.29 is 14.4 Å². The predicted molar refractivity (Wildman–Crippen MR) is 108 cm³/mol. The molecule has 8 heteroatoms. The van der Waals surface area contributed by atoms with Gasteiger partial charge in [-0.1, -0.05) is 18.2 Å². The third kappa shape index (κ3) is 4.31. The van der Waals surface area contributed by atoms with Crippen LogP contribution in [0.4, 0.5) is 4.79 Å². The highest BCUT2D eigenvalue weighted by atomic mass is 16.2. The van der Waals surface area contributed by atoms with Crippen molar-refractivity contribution in [1.29, 1.82) is 0 Å². The van der Waals surface area contributed by atoms with Crippen molar-refractivity contribution in [3.8, 4) is 5.69 Å². The second-order valence-electron chi connectivity index (χ2n) is 7.43. The number of carbonyl (C=O) groups excluding carboxylic acids is 3. The van der Waals surface area contributed by atoms with Crippen molar-refractivity contribution >= 4 is 17.8 Å². The zero-order valence-electron chi connectivity index (χ0n) is 17.4. The summed E-state index contributed by atoms with van der Waals surface area (Å²) in [5.74, 6) is -0.235. The Bertz CT molecular complexity index is 922. The zero-order chi connectivity index (χ0) is 21.1. The molecule has 0 N–H and O–H groups in total. The number of aromatic nitrogens is 2. The van der Waals surface area contributed by atoms with E-state index in [1.807, 2.05) is 48.9 Å².